The molecule has 5 nitrogen and oxygen atoms in total. The molecular formula is C14H11Cl2N5. The quantitative estimate of drug-likeness (QED) is 0.733. The number of nitrogen functional groups attached to an aromatic ring is 1. The maximum atomic E-state index is 6.26. The maximum Gasteiger partial charge on any atom is 0.188 e. The molecule has 0 saturated carbocycles. The van der Waals surface area contributed by atoms with Gasteiger partial charge < -0.3 is 5.73 Å². The fourth-order valence-corrected chi connectivity index (χ4v) is 2.51. The molecule has 21 heavy (non-hydrogen) atoms. The van der Waals surface area contributed by atoms with Gasteiger partial charge in [-0.05, 0) is 41.1 Å². The number of hydrogen-bond donors (Lipinski definition) is 1. The van der Waals surface area contributed by atoms with E-state index in [0.717, 1.165) is 11.3 Å². The minimum absolute atomic E-state index is 0.367. The zero-order valence-electron chi connectivity index (χ0n) is 11.1. The summed E-state index contributed by atoms with van der Waals surface area (Å²) in [4.78, 5) is 0. The third-order valence-electron chi connectivity index (χ3n) is 3.10. The number of benzene rings is 2. The van der Waals surface area contributed by atoms with Gasteiger partial charge in [0.1, 0.15) is 0 Å². The molecule has 106 valence electrons. The molecule has 3 rings (SSSR count). The van der Waals surface area contributed by atoms with Crippen LogP contribution in [0.2, 0.25) is 10.0 Å². The number of aryl methyl sites for hydroxylation is 1. The van der Waals surface area contributed by atoms with Crippen LogP contribution in [0.1, 0.15) is 5.56 Å². The fourth-order valence-electron chi connectivity index (χ4n) is 2.09. The van der Waals surface area contributed by atoms with Gasteiger partial charge in [0, 0.05) is 11.3 Å². The Hall–Kier alpha value is -2.11. The summed E-state index contributed by atoms with van der Waals surface area (Å²) in [6.07, 6.45) is 0. The van der Waals surface area contributed by atoms with Gasteiger partial charge in [0.2, 0.25) is 0 Å². The van der Waals surface area contributed by atoms with Gasteiger partial charge in [0.15, 0.2) is 5.82 Å². The van der Waals surface area contributed by atoms with E-state index in [0.29, 0.717) is 27.1 Å². The lowest BCUT2D eigenvalue weighted by atomic mass is 10.1. The van der Waals surface area contributed by atoms with Crippen molar-refractivity contribution in [2.24, 2.45) is 0 Å². The number of halogens is 2. The molecule has 0 radical (unpaired) electrons. The van der Waals surface area contributed by atoms with Gasteiger partial charge in [-0.25, -0.2) is 0 Å². The molecule has 0 unspecified atom stereocenters. The third kappa shape index (κ3) is 2.46. The van der Waals surface area contributed by atoms with Crippen LogP contribution in [0.3, 0.4) is 0 Å². The highest BCUT2D eigenvalue weighted by atomic mass is 35.5. The summed E-state index contributed by atoms with van der Waals surface area (Å²) in [5.41, 5.74) is 8.83. The Morgan fingerprint density at radius 1 is 1.14 bits per heavy atom. The molecule has 7 heteroatoms. The molecule has 0 fully saturated rings. The Morgan fingerprint density at radius 2 is 1.90 bits per heavy atom. The van der Waals surface area contributed by atoms with E-state index in [1.54, 1.807) is 16.8 Å². The molecule has 2 aromatic carbocycles. The minimum atomic E-state index is 0.367. The first-order valence-corrected chi connectivity index (χ1v) is 6.93. The van der Waals surface area contributed by atoms with Crippen LogP contribution in [0.4, 0.5) is 5.69 Å². The molecule has 0 saturated heterocycles. The zero-order valence-corrected chi connectivity index (χ0v) is 12.6. The largest absolute Gasteiger partial charge is 0.399 e. The molecule has 0 amide bonds. The van der Waals surface area contributed by atoms with Crippen molar-refractivity contribution in [2.45, 2.75) is 6.92 Å². The Morgan fingerprint density at radius 3 is 2.67 bits per heavy atom. The molecule has 0 spiro atoms. The number of hydrogen-bond acceptors (Lipinski definition) is 4. The zero-order chi connectivity index (χ0) is 15.0. The highest BCUT2D eigenvalue weighted by Gasteiger charge is 2.17. The molecule has 3 aromatic rings. The van der Waals surface area contributed by atoms with Gasteiger partial charge in [-0.2, -0.15) is 4.68 Å². The number of anilines is 1. The van der Waals surface area contributed by atoms with E-state index >= 15 is 0 Å². The van der Waals surface area contributed by atoms with Gasteiger partial charge in [0.05, 0.1) is 15.7 Å². The smallest absolute Gasteiger partial charge is 0.188 e. The van der Waals surface area contributed by atoms with Crippen molar-refractivity contribution >= 4 is 28.9 Å². The maximum absolute atomic E-state index is 6.26. The van der Waals surface area contributed by atoms with E-state index in [4.69, 9.17) is 28.9 Å². The van der Waals surface area contributed by atoms with Crippen LogP contribution in [0.25, 0.3) is 17.1 Å². The van der Waals surface area contributed by atoms with Gasteiger partial charge in [-0.1, -0.05) is 41.4 Å². The number of nitrogens with zero attached hydrogens (tertiary/aromatic N) is 4. The second-order valence-electron chi connectivity index (χ2n) is 4.57. The van der Waals surface area contributed by atoms with Crippen molar-refractivity contribution in [1.29, 1.82) is 0 Å². The van der Waals surface area contributed by atoms with E-state index in [9.17, 15) is 0 Å². The predicted molar refractivity (Wildman–Crippen MR) is 83.8 cm³/mol. The molecule has 0 aliphatic carbocycles. The highest BCUT2D eigenvalue weighted by Crippen LogP contribution is 2.35. The highest BCUT2D eigenvalue weighted by molar-refractivity contribution is 6.43. The topological polar surface area (TPSA) is 69.6 Å². The Labute approximate surface area is 131 Å². The average Bonchev–Trinajstić information content (AvgIpc) is 2.92. The van der Waals surface area contributed by atoms with E-state index in [2.05, 4.69) is 15.5 Å². The lowest BCUT2D eigenvalue weighted by Gasteiger charge is -2.10. The van der Waals surface area contributed by atoms with Gasteiger partial charge in [-0.3, -0.25) is 0 Å². The fraction of sp³-hybridized carbons (Fsp3) is 0.0714. The molecule has 0 atom stereocenters. The number of tetrazole rings is 1. The second-order valence-corrected chi connectivity index (χ2v) is 5.35. The number of para-hydroxylation sites is 1. The monoisotopic (exact) mass is 319 g/mol. The van der Waals surface area contributed by atoms with Crippen LogP contribution >= 0.6 is 23.2 Å². The van der Waals surface area contributed by atoms with E-state index in [-0.39, 0.29) is 0 Å². The standard InChI is InChI=1S/C14H11Cl2N5/c1-8-4-2-3-5-12(8)21-14(18-19-20-21)10-6-9(17)7-11(15)13(10)16/h2-7H,17H2,1H3. The Bertz CT molecular complexity index is 813. The summed E-state index contributed by atoms with van der Waals surface area (Å²) < 4.78 is 1.62. The predicted octanol–water partition coefficient (Wildman–Crippen LogP) is 3.53. The lowest BCUT2D eigenvalue weighted by Crippen LogP contribution is -2.02. The molecule has 0 bridgehead atoms. The first kappa shape index (κ1) is 13.9. The summed E-state index contributed by atoms with van der Waals surface area (Å²) >= 11 is 12.3. The van der Waals surface area contributed by atoms with E-state index in [1.807, 2.05) is 31.2 Å². The SMILES string of the molecule is Cc1ccccc1-n1nnnc1-c1cc(N)cc(Cl)c1Cl. The number of rotatable bonds is 2. The van der Waals surface area contributed by atoms with E-state index in [1.165, 1.54) is 0 Å². The average molecular weight is 320 g/mol. The third-order valence-corrected chi connectivity index (χ3v) is 3.91. The molecular weight excluding hydrogens is 309 g/mol. The summed E-state index contributed by atoms with van der Waals surface area (Å²) in [6.45, 7) is 1.98. The van der Waals surface area contributed by atoms with Crippen molar-refractivity contribution in [2.75, 3.05) is 5.73 Å². The Kier molecular flexibility index (Phi) is 3.53. The van der Waals surface area contributed by atoms with Crippen LogP contribution in [-0.2, 0) is 0 Å². The first-order valence-electron chi connectivity index (χ1n) is 6.17. The summed E-state index contributed by atoms with van der Waals surface area (Å²) in [5.74, 6) is 0.489. The normalized spacial score (nSPS) is 10.8. The molecule has 0 aliphatic rings. The van der Waals surface area contributed by atoms with Gasteiger partial charge >= 0.3 is 0 Å². The number of aromatic nitrogens is 4. The van der Waals surface area contributed by atoms with Gasteiger partial charge in [0.25, 0.3) is 0 Å². The molecule has 2 N–H and O–H groups in total. The van der Waals surface area contributed by atoms with Crippen molar-refractivity contribution in [3.8, 4) is 17.1 Å². The summed E-state index contributed by atoms with van der Waals surface area (Å²) in [5, 5.41) is 12.6. The molecule has 1 aromatic heterocycles. The second kappa shape index (κ2) is 5.35. The number of nitrogens with two attached hydrogens (primary N) is 1. The summed E-state index contributed by atoms with van der Waals surface area (Å²) in [7, 11) is 0. The van der Waals surface area contributed by atoms with Crippen LogP contribution in [0.5, 0.6) is 0 Å². The van der Waals surface area contributed by atoms with Crippen LogP contribution < -0.4 is 5.73 Å². The minimum Gasteiger partial charge on any atom is -0.399 e. The van der Waals surface area contributed by atoms with E-state index < -0.39 is 0 Å². The van der Waals surface area contributed by atoms with Crippen molar-refractivity contribution < 1.29 is 0 Å². The van der Waals surface area contributed by atoms with Crippen molar-refractivity contribution in [3.05, 3.63) is 52.0 Å². The Balaban J connectivity index is 2.23. The van der Waals surface area contributed by atoms with Crippen LogP contribution in [-0.4, -0.2) is 20.2 Å². The van der Waals surface area contributed by atoms with Crippen molar-refractivity contribution in [3.63, 3.8) is 0 Å². The van der Waals surface area contributed by atoms with Crippen LogP contribution in [0.15, 0.2) is 36.4 Å². The van der Waals surface area contributed by atoms with Gasteiger partial charge in [-0.15, -0.1) is 5.10 Å². The summed E-state index contributed by atoms with van der Waals surface area (Å²) in [6, 6.07) is 11.1. The molecule has 1 heterocycles. The first-order chi connectivity index (χ1) is 10.1. The van der Waals surface area contributed by atoms with Crippen LogP contribution in [0, 0.1) is 6.92 Å². The van der Waals surface area contributed by atoms with Crippen molar-refractivity contribution in [1.82, 2.24) is 20.2 Å². The lowest BCUT2D eigenvalue weighted by molar-refractivity contribution is 0.787. The molecule has 0 aliphatic heterocycles.